The molecule has 0 fully saturated rings. The van der Waals surface area contributed by atoms with Gasteiger partial charge in [-0.25, -0.2) is 0 Å². The summed E-state index contributed by atoms with van der Waals surface area (Å²) in [6.45, 7) is 3.18. The van der Waals surface area contributed by atoms with Gasteiger partial charge in [-0.2, -0.15) is 0 Å². The van der Waals surface area contributed by atoms with Crippen LogP contribution >= 0.6 is 0 Å². The Morgan fingerprint density at radius 1 is 1.19 bits per heavy atom. The fraction of sp³-hybridized carbons (Fsp3) is 0.467. The first-order valence-electron chi connectivity index (χ1n) is 6.36. The molecule has 0 saturated heterocycles. The summed E-state index contributed by atoms with van der Waals surface area (Å²) in [4.78, 5) is 0. The average molecular weight is 215 g/mol. The fourth-order valence-corrected chi connectivity index (χ4v) is 2.12. The van der Waals surface area contributed by atoms with Crippen LogP contribution in [0.1, 0.15) is 37.3 Å². The zero-order valence-corrected chi connectivity index (χ0v) is 10.1. The molecule has 1 atom stereocenters. The lowest BCUT2D eigenvalue weighted by Crippen LogP contribution is -2.27. The van der Waals surface area contributed by atoms with Crippen molar-refractivity contribution in [1.82, 2.24) is 5.32 Å². The molecule has 0 aromatic heterocycles. The van der Waals surface area contributed by atoms with Gasteiger partial charge in [-0.15, -0.1) is 0 Å². The van der Waals surface area contributed by atoms with Crippen molar-refractivity contribution in [3.63, 3.8) is 0 Å². The quantitative estimate of drug-likeness (QED) is 0.759. The van der Waals surface area contributed by atoms with Crippen LogP contribution in [-0.4, -0.2) is 6.04 Å². The Kier molecular flexibility index (Phi) is 4.17. The van der Waals surface area contributed by atoms with Crippen LogP contribution in [0.4, 0.5) is 0 Å². The molecule has 0 heterocycles. The molecule has 1 aromatic carbocycles. The van der Waals surface area contributed by atoms with Gasteiger partial charge in [0, 0.05) is 12.6 Å². The standard InChI is InChI=1S/C15H21N/c1-2-13-8-10-14(11-9-13)12-16-15-6-4-3-5-7-15/h4,6,8-11,15-16H,2-3,5,7,12H2,1H3. The molecule has 16 heavy (non-hydrogen) atoms. The molecule has 0 amide bonds. The van der Waals surface area contributed by atoms with E-state index in [2.05, 4.69) is 48.7 Å². The highest BCUT2D eigenvalue weighted by Gasteiger charge is 2.06. The van der Waals surface area contributed by atoms with Gasteiger partial charge in [0.1, 0.15) is 0 Å². The molecule has 1 nitrogen and oxygen atoms in total. The summed E-state index contributed by atoms with van der Waals surface area (Å²) in [7, 11) is 0. The second-order valence-corrected chi connectivity index (χ2v) is 4.52. The number of benzene rings is 1. The number of rotatable bonds is 4. The predicted molar refractivity (Wildman–Crippen MR) is 69.4 cm³/mol. The Hall–Kier alpha value is -1.08. The van der Waals surface area contributed by atoms with Gasteiger partial charge in [-0.05, 0) is 36.8 Å². The molecular formula is C15H21N. The van der Waals surface area contributed by atoms with Crippen LogP contribution < -0.4 is 5.32 Å². The van der Waals surface area contributed by atoms with E-state index in [1.165, 1.54) is 30.4 Å². The summed E-state index contributed by atoms with van der Waals surface area (Å²) < 4.78 is 0. The maximum Gasteiger partial charge on any atom is 0.0253 e. The summed E-state index contributed by atoms with van der Waals surface area (Å²) in [6, 6.07) is 9.51. The molecule has 1 aromatic rings. The second-order valence-electron chi connectivity index (χ2n) is 4.52. The van der Waals surface area contributed by atoms with Crippen LogP contribution in [0.15, 0.2) is 36.4 Å². The van der Waals surface area contributed by atoms with E-state index in [0.717, 1.165) is 13.0 Å². The molecule has 1 N–H and O–H groups in total. The second kappa shape index (κ2) is 5.86. The monoisotopic (exact) mass is 215 g/mol. The van der Waals surface area contributed by atoms with Gasteiger partial charge in [-0.1, -0.05) is 43.3 Å². The molecule has 86 valence electrons. The molecule has 1 unspecified atom stereocenters. The largest absolute Gasteiger partial charge is 0.306 e. The topological polar surface area (TPSA) is 12.0 Å². The first-order valence-corrected chi connectivity index (χ1v) is 6.36. The number of allylic oxidation sites excluding steroid dienone is 1. The summed E-state index contributed by atoms with van der Waals surface area (Å²) in [5, 5.41) is 3.59. The van der Waals surface area contributed by atoms with Crippen LogP contribution in [0, 0.1) is 0 Å². The van der Waals surface area contributed by atoms with Crippen LogP contribution in [0.5, 0.6) is 0 Å². The van der Waals surface area contributed by atoms with E-state index < -0.39 is 0 Å². The lowest BCUT2D eigenvalue weighted by molar-refractivity contribution is 0.522. The zero-order chi connectivity index (χ0) is 11.2. The predicted octanol–water partition coefficient (Wildman–Crippen LogP) is 3.45. The Bertz CT molecular complexity index is 337. The number of nitrogens with one attached hydrogen (secondary N) is 1. The van der Waals surface area contributed by atoms with E-state index in [4.69, 9.17) is 0 Å². The number of aryl methyl sites for hydroxylation is 1. The van der Waals surface area contributed by atoms with Crippen molar-refractivity contribution < 1.29 is 0 Å². The molecule has 0 radical (unpaired) electrons. The van der Waals surface area contributed by atoms with Gasteiger partial charge < -0.3 is 5.32 Å². The van der Waals surface area contributed by atoms with Gasteiger partial charge >= 0.3 is 0 Å². The molecule has 1 heteroatoms. The third kappa shape index (κ3) is 3.21. The maximum absolute atomic E-state index is 3.59. The molecule has 1 aliphatic carbocycles. The maximum atomic E-state index is 3.59. The molecular weight excluding hydrogens is 194 g/mol. The lowest BCUT2D eigenvalue weighted by Gasteiger charge is -2.18. The van der Waals surface area contributed by atoms with E-state index in [1.807, 2.05) is 0 Å². The van der Waals surface area contributed by atoms with Crippen molar-refractivity contribution >= 4 is 0 Å². The van der Waals surface area contributed by atoms with Gasteiger partial charge in [-0.3, -0.25) is 0 Å². The zero-order valence-electron chi connectivity index (χ0n) is 10.1. The Morgan fingerprint density at radius 3 is 2.56 bits per heavy atom. The van der Waals surface area contributed by atoms with Crippen molar-refractivity contribution in [2.24, 2.45) is 0 Å². The Morgan fingerprint density at radius 2 is 1.94 bits per heavy atom. The van der Waals surface area contributed by atoms with Gasteiger partial charge in [0.15, 0.2) is 0 Å². The average Bonchev–Trinajstić information content (AvgIpc) is 2.38. The SMILES string of the molecule is CCc1ccc(CNC2C=CCCC2)cc1. The van der Waals surface area contributed by atoms with Gasteiger partial charge in [0.2, 0.25) is 0 Å². The molecule has 0 spiro atoms. The van der Waals surface area contributed by atoms with E-state index >= 15 is 0 Å². The first-order chi connectivity index (χ1) is 7.88. The minimum Gasteiger partial charge on any atom is -0.306 e. The van der Waals surface area contributed by atoms with Crippen molar-refractivity contribution in [2.75, 3.05) is 0 Å². The fourth-order valence-electron chi connectivity index (χ4n) is 2.12. The van der Waals surface area contributed by atoms with Crippen LogP contribution in [0.3, 0.4) is 0 Å². The lowest BCUT2D eigenvalue weighted by atomic mass is 10.0. The van der Waals surface area contributed by atoms with E-state index in [-0.39, 0.29) is 0 Å². The van der Waals surface area contributed by atoms with E-state index in [9.17, 15) is 0 Å². The van der Waals surface area contributed by atoms with Gasteiger partial charge in [0.05, 0.1) is 0 Å². The van der Waals surface area contributed by atoms with Crippen molar-refractivity contribution in [2.45, 2.75) is 45.2 Å². The van der Waals surface area contributed by atoms with Gasteiger partial charge in [0.25, 0.3) is 0 Å². The summed E-state index contributed by atoms with van der Waals surface area (Å²) in [6.07, 6.45) is 9.58. The highest BCUT2D eigenvalue weighted by Crippen LogP contribution is 2.11. The molecule has 0 bridgehead atoms. The summed E-state index contributed by atoms with van der Waals surface area (Å²) in [5.74, 6) is 0. The molecule has 0 saturated carbocycles. The smallest absolute Gasteiger partial charge is 0.0253 e. The highest BCUT2D eigenvalue weighted by atomic mass is 14.9. The molecule has 1 aliphatic rings. The van der Waals surface area contributed by atoms with Crippen LogP contribution in [0.2, 0.25) is 0 Å². The van der Waals surface area contributed by atoms with E-state index in [1.54, 1.807) is 0 Å². The Labute approximate surface area is 98.6 Å². The van der Waals surface area contributed by atoms with Crippen LogP contribution in [-0.2, 0) is 13.0 Å². The normalized spacial score (nSPS) is 19.9. The number of hydrogen-bond acceptors (Lipinski definition) is 1. The molecule has 0 aliphatic heterocycles. The minimum atomic E-state index is 0.583. The van der Waals surface area contributed by atoms with Crippen LogP contribution in [0.25, 0.3) is 0 Å². The first kappa shape index (κ1) is 11.4. The molecule has 2 rings (SSSR count). The van der Waals surface area contributed by atoms with E-state index in [0.29, 0.717) is 6.04 Å². The third-order valence-corrected chi connectivity index (χ3v) is 3.25. The summed E-state index contributed by atoms with van der Waals surface area (Å²) in [5.41, 5.74) is 2.80. The highest BCUT2D eigenvalue weighted by molar-refractivity contribution is 5.22. The summed E-state index contributed by atoms with van der Waals surface area (Å²) >= 11 is 0. The Balaban J connectivity index is 1.84. The van der Waals surface area contributed by atoms with Crippen molar-refractivity contribution in [3.8, 4) is 0 Å². The number of hydrogen-bond donors (Lipinski definition) is 1. The third-order valence-electron chi connectivity index (χ3n) is 3.25. The minimum absolute atomic E-state index is 0.583. The van der Waals surface area contributed by atoms with Crippen molar-refractivity contribution in [1.29, 1.82) is 0 Å². The van der Waals surface area contributed by atoms with Crippen molar-refractivity contribution in [3.05, 3.63) is 47.5 Å².